The minimum atomic E-state index is -0.491. The number of halogens is 1. The molecule has 1 aromatic carbocycles. The zero-order chi connectivity index (χ0) is 22.2. The normalized spacial score (nSPS) is 14.8. The summed E-state index contributed by atoms with van der Waals surface area (Å²) in [4.78, 5) is 22.2. The van der Waals surface area contributed by atoms with Gasteiger partial charge in [0.2, 0.25) is 0 Å². The number of aromatic nitrogens is 2. The minimum absolute atomic E-state index is 0.198. The molecule has 31 heavy (non-hydrogen) atoms. The van der Waals surface area contributed by atoms with Gasteiger partial charge in [0, 0.05) is 25.7 Å². The number of likely N-dealkylation sites (tertiary alicyclic amines) is 1. The Balaban J connectivity index is 1.55. The molecule has 0 spiro atoms. The van der Waals surface area contributed by atoms with Crippen LogP contribution in [-0.4, -0.2) is 60.3 Å². The lowest BCUT2D eigenvalue weighted by molar-refractivity contribution is 0.0593. The molecule has 1 aromatic heterocycles. The van der Waals surface area contributed by atoms with Gasteiger partial charge in [-0.05, 0) is 44.4 Å². The topological polar surface area (TPSA) is 85.8 Å². The molecule has 0 unspecified atom stereocenters. The monoisotopic (exact) mass is 448 g/mol. The van der Waals surface area contributed by atoms with Crippen LogP contribution in [-0.2, 0) is 11.3 Å². The molecule has 168 valence electrons. The summed E-state index contributed by atoms with van der Waals surface area (Å²) >= 11 is 6.40. The first-order valence-electron chi connectivity index (χ1n) is 10.5. The van der Waals surface area contributed by atoms with Gasteiger partial charge in [-0.25, -0.2) is 14.8 Å². The predicted molar refractivity (Wildman–Crippen MR) is 119 cm³/mol. The number of carbonyl (C=O) groups is 1. The summed E-state index contributed by atoms with van der Waals surface area (Å²) in [6.07, 6.45) is 4.95. The molecule has 1 aliphatic heterocycles. The lowest BCUT2D eigenvalue weighted by Gasteiger charge is -2.32. The summed E-state index contributed by atoms with van der Waals surface area (Å²) in [7, 11) is 1.32. The Hall–Kier alpha value is -2.58. The Morgan fingerprint density at radius 2 is 1.77 bits per heavy atom. The van der Waals surface area contributed by atoms with Crippen LogP contribution in [0.3, 0.4) is 0 Å². The van der Waals surface area contributed by atoms with E-state index < -0.39 is 5.97 Å². The first-order chi connectivity index (χ1) is 15.0. The number of rotatable bonds is 9. The van der Waals surface area contributed by atoms with E-state index in [4.69, 9.17) is 21.1 Å². The van der Waals surface area contributed by atoms with Crippen LogP contribution in [0.2, 0.25) is 5.02 Å². The van der Waals surface area contributed by atoms with E-state index in [1.807, 2.05) is 26.0 Å². The molecular weight excluding hydrogens is 420 g/mol. The van der Waals surface area contributed by atoms with Crippen molar-refractivity contribution >= 4 is 23.4 Å². The number of piperidine rings is 1. The SMILES string of the molecule is CCOc1cc(CN2CCC(Nc3cnc(C(=O)OC)cn3)CC2)cc(OCC)c1Cl. The highest BCUT2D eigenvalue weighted by molar-refractivity contribution is 6.33. The number of benzene rings is 1. The van der Waals surface area contributed by atoms with Gasteiger partial charge in [-0.15, -0.1) is 0 Å². The summed E-state index contributed by atoms with van der Waals surface area (Å²) < 4.78 is 16.0. The van der Waals surface area contributed by atoms with E-state index in [1.54, 1.807) is 6.20 Å². The van der Waals surface area contributed by atoms with Gasteiger partial charge in [0.05, 0.1) is 32.7 Å². The van der Waals surface area contributed by atoms with Crippen LogP contribution < -0.4 is 14.8 Å². The van der Waals surface area contributed by atoms with Crippen LogP contribution in [0.25, 0.3) is 0 Å². The van der Waals surface area contributed by atoms with Crippen molar-refractivity contribution in [2.45, 2.75) is 39.3 Å². The smallest absolute Gasteiger partial charge is 0.358 e. The number of ether oxygens (including phenoxy) is 3. The second kappa shape index (κ2) is 11.2. The zero-order valence-corrected chi connectivity index (χ0v) is 18.9. The van der Waals surface area contributed by atoms with Gasteiger partial charge in [-0.3, -0.25) is 4.90 Å². The first kappa shape index (κ1) is 23.1. The highest BCUT2D eigenvalue weighted by Crippen LogP contribution is 2.36. The van der Waals surface area contributed by atoms with E-state index in [2.05, 4.69) is 24.9 Å². The lowest BCUT2D eigenvalue weighted by Crippen LogP contribution is -2.38. The third-order valence-electron chi connectivity index (χ3n) is 5.06. The van der Waals surface area contributed by atoms with Crippen LogP contribution >= 0.6 is 11.6 Å². The maximum Gasteiger partial charge on any atom is 0.358 e. The second-order valence-corrected chi connectivity index (χ2v) is 7.62. The average Bonchev–Trinajstić information content (AvgIpc) is 2.78. The fourth-order valence-corrected chi connectivity index (χ4v) is 3.77. The van der Waals surface area contributed by atoms with Gasteiger partial charge in [-0.1, -0.05) is 11.6 Å². The number of hydrogen-bond acceptors (Lipinski definition) is 8. The van der Waals surface area contributed by atoms with E-state index >= 15 is 0 Å². The molecule has 0 aliphatic carbocycles. The number of nitrogens with one attached hydrogen (secondary N) is 1. The number of nitrogens with zero attached hydrogens (tertiary/aromatic N) is 3. The summed E-state index contributed by atoms with van der Waals surface area (Å²) in [5.41, 5.74) is 1.32. The zero-order valence-electron chi connectivity index (χ0n) is 18.2. The van der Waals surface area contributed by atoms with Crippen molar-refractivity contribution < 1.29 is 19.0 Å². The molecule has 1 fully saturated rings. The molecule has 1 N–H and O–H groups in total. The van der Waals surface area contributed by atoms with E-state index in [0.29, 0.717) is 41.6 Å². The number of esters is 1. The molecule has 9 heteroatoms. The Labute approximate surface area is 187 Å². The molecule has 0 radical (unpaired) electrons. The molecular formula is C22H29ClN4O4. The molecule has 0 atom stereocenters. The van der Waals surface area contributed by atoms with E-state index in [9.17, 15) is 4.79 Å². The molecule has 8 nitrogen and oxygen atoms in total. The molecule has 0 bridgehead atoms. The largest absolute Gasteiger partial charge is 0.492 e. The van der Waals surface area contributed by atoms with Crippen molar-refractivity contribution in [2.24, 2.45) is 0 Å². The highest BCUT2D eigenvalue weighted by Gasteiger charge is 2.21. The Kier molecular flexibility index (Phi) is 8.31. The van der Waals surface area contributed by atoms with Crippen LogP contribution in [0.1, 0.15) is 42.7 Å². The average molecular weight is 449 g/mol. The van der Waals surface area contributed by atoms with Crippen molar-refractivity contribution in [3.05, 3.63) is 40.8 Å². The molecule has 1 saturated heterocycles. The van der Waals surface area contributed by atoms with E-state index in [0.717, 1.165) is 38.0 Å². The molecule has 2 aromatic rings. The summed E-state index contributed by atoms with van der Waals surface area (Å²) in [6, 6.07) is 4.30. The first-order valence-corrected chi connectivity index (χ1v) is 10.9. The summed E-state index contributed by atoms with van der Waals surface area (Å²) in [5, 5.41) is 3.92. The molecule has 0 saturated carbocycles. The van der Waals surface area contributed by atoms with Gasteiger partial charge >= 0.3 is 5.97 Å². The number of anilines is 1. The van der Waals surface area contributed by atoms with Crippen LogP contribution in [0, 0.1) is 0 Å². The van der Waals surface area contributed by atoms with Crippen molar-refractivity contribution in [3.63, 3.8) is 0 Å². The van der Waals surface area contributed by atoms with Crippen molar-refractivity contribution in [2.75, 3.05) is 38.7 Å². The van der Waals surface area contributed by atoms with Gasteiger partial charge in [0.15, 0.2) is 5.69 Å². The van der Waals surface area contributed by atoms with Crippen LogP contribution in [0.4, 0.5) is 5.82 Å². The Bertz CT molecular complexity index is 843. The maximum absolute atomic E-state index is 11.5. The minimum Gasteiger partial charge on any atom is -0.492 e. The summed E-state index contributed by atoms with van der Waals surface area (Å²) in [6.45, 7) is 7.68. The van der Waals surface area contributed by atoms with Gasteiger partial charge in [0.1, 0.15) is 22.3 Å². The highest BCUT2D eigenvalue weighted by atomic mass is 35.5. The Morgan fingerprint density at radius 3 is 2.29 bits per heavy atom. The fourth-order valence-electron chi connectivity index (χ4n) is 3.55. The van der Waals surface area contributed by atoms with Crippen LogP contribution in [0.5, 0.6) is 11.5 Å². The standard InChI is InChI=1S/C22H29ClN4O4/c1-4-30-18-10-15(11-19(21(18)23)31-5-2)14-27-8-6-16(7-9-27)26-20-13-24-17(12-25-20)22(28)29-3/h10-13,16H,4-9,14H2,1-3H3,(H,25,26). The fraction of sp³-hybridized carbons (Fsp3) is 0.500. The molecule has 0 amide bonds. The van der Waals surface area contributed by atoms with E-state index in [-0.39, 0.29) is 5.69 Å². The summed E-state index contributed by atoms with van der Waals surface area (Å²) in [5.74, 6) is 1.49. The third kappa shape index (κ3) is 6.21. The number of methoxy groups -OCH3 is 1. The number of carbonyl (C=O) groups excluding carboxylic acids is 1. The second-order valence-electron chi connectivity index (χ2n) is 7.25. The van der Waals surface area contributed by atoms with Crippen LogP contribution in [0.15, 0.2) is 24.5 Å². The van der Waals surface area contributed by atoms with E-state index in [1.165, 1.54) is 13.3 Å². The van der Waals surface area contributed by atoms with Gasteiger partial charge in [-0.2, -0.15) is 0 Å². The van der Waals surface area contributed by atoms with Crippen molar-refractivity contribution in [3.8, 4) is 11.5 Å². The third-order valence-corrected chi connectivity index (χ3v) is 5.43. The molecule has 3 rings (SSSR count). The quantitative estimate of drug-likeness (QED) is 0.580. The molecule has 2 heterocycles. The lowest BCUT2D eigenvalue weighted by atomic mass is 10.0. The molecule has 1 aliphatic rings. The van der Waals surface area contributed by atoms with Gasteiger partial charge < -0.3 is 19.5 Å². The predicted octanol–water partition coefficient (Wildman–Crippen LogP) is 3.79. The van der Waals surface area contributed by atoms with Gasteiger partial charge in [0.25, 0.3) is 0 Å². The van der Waals surface area contributed by atoms with Crippen molar-refractivity contribution in [1.29, 1.82) is 0 Å². The maximum atomic E-state index is 11.5. The van der Waals surface area contributed by atoms with Crippen molar-refractivity contribution in [1.82, 2.24) is 14.9 Å². The Morgan fingerprint density at radius 1 is 1.13 bits per heavy atom. The number of hydrogen-bond donors (Lipinski definition) is 1.